The van der Waals surface area contributed by atoms with Crippen LogP contribution in [-0.4, -0.2) is 26.6 Å². The lowest BCUT2D eigenvalue weighted by Gasteiger charge is -2.20. The Labute approximate surface area is 204 Å². The Balaban J connectivity index is 0.000000142. The van der Waals surface area contributed by atoms with Crippen LogP contribution in [0.4, 0.5) is 0 Å². The summed E-state index contributed by atoms with van der Waals surface area (Å²) in [6, 6.07) is 15.8. The Morgan fingerprint density at radius 2 is 1.12 bits per heavy atom. The third-order valence-corrected chi connectivity index (χ3v) is 8.05. The number of carbonyl (C=O) groups excluding carboxylic acids is 2. The molecule has 0 spiro atoms. The van der Waals surface area contributed by atoms with Gasteiger partial charge in [0.2, 0.25) is 0 Å². The van der Waals surface area contributed by atoms with Gasteiger partial charge >= 0.3 is 0 Å². The van der Waals surface area contributed by atoms with Crippen LogP contribution >= 0.6 is 22.7 Å². The van der Waals surface area contributed by atoms with Crippen molar-refractivity contribution in [3.8, 4) is 0 Å². The molecule has 0 unspecified atom stereocenters. The van der Waals surface area contributed by atoms with Gasteiger partial charge in [0.05, 0.1) is 25.8 Å². The van der Waals surface area contributed by atoms with Crippen LogP contribution in [0.5, 0.6) is 0 Å². The van der Waals surface area contributed by atoms with Gasteiger partial charge in [-0.3, -0.25) is 9.59 Å². The summed E-state index contributed by atoms with van der Waals surface area (Å²) in [6.45, 7) is 2.07. The van der Waals surface area contributed by atoms with E-state index in [0.29, 0.717) is 5.01 Å². The molecular weight excluding hydrogens is 464 g/mol. The first kappa shape index (κ1) is 22.3. The number of rotatable bonds is 2. The van der Waals surface area contributed by atoms with Crippen LogP contribution in [0.3, 0.4) is 0 Å². The molecule has 168 valence electrons. The maximum atomic E-state index is 11.2. The number of hydrogen-bond acceptors (Lipinski definition) is 7. The Bertz CT molecular complexity index is 1320. The first-order chi connectivity index (χ1) is 16.3. The Hall–Kier alpha value is -3.52. The van der Waals surface area contributed by atoms with Crippen molar-refractivity contribution in [3.05, 3.63) is 107 Å². The average molecular weight is 485 g/mol. The van der Waals surface area contributed by atoms with E-state index in [9.17, 15) is 14.7 Å². The largest absolute Gasteiger partial charge is 0.375 e. The molecule has 34 heavy (non-hydrogen) atoms. The van der Waals surface area contributed by atoms with Gasteiger partial charge in [0, 0.05) is 0 Å². The van der Waals surface area contributed by atoms with Gasteiger partial charge in [-0.25, -0.2) is 9.97 Å². The van der Waals surface area contributed by atoms with Crippen LogP contribution in [0.15, 0.2) is 97.1 Å². The number of hydrogen-bond donors (Lipinski definition) is 1. The molecule has 0 amide bonds. The zero-order valence-electron chi connectivity index (χ0n) is 18.2. The van der Waals surface area contributed by atoms with Gasteiger partial charge in [0.25, 0.3) is 0 Å². The average Bonchev–Trinajstić information content (AvgIpc) is 3.49. The molecule has 0 radical (unpaired) electrons. The summed E-state index contributed by atoms with van der Waals surface area (Å²) in [6.07, 6.45) is 12.8. The molecule has 2 aromatic heterocycles. The number of ketones is 2. The van der Waals surface area contributed by atoms with E-state index in [2.05, 4.69) is 23.0 Å². The molecule has 2 heterocycles. The fourth-order valence-corrected chi connectivity index (χ4v) is 5.67. The van der Waals surface area contributed by atoms with Crippen molar-refractivity contribution in [1.29, 1.82) is 0 Å². The molecule has 2 aromatic carbocycles. The molecule has 6 rings (SSSR count). The minimum absolute atomic E-state index is 0.0450. The molecule has 0 atom stereocenters. The number of nitrogens with zero attached hydrogens (tertiary/aromatic N) is 2. The number of carbonyl (C=O) groups is 2. The minimum Gasteiger partial charge on any atom is -0.375 e. The van der Waals surface area contributed by atoms with E-state index >= 15 is 0 Å². The number of thiazole rings is 2. The van der Waals surface area contributed by atoms with E-state index in [1.165, 1.54) is 40.3 Å². The summed E-state index contributed by atoms with van der Waals surface area (Å²) in [5.74, 6) is -0.0700. The molecule has 4 aromatic rings. The number of aromatic nitrogens is 2. The normalized spacial score (nSPS) is 17.8. The van der Waals surface area contributed by atoms with Gasteiger partial charge in [-0.2, -0.15) is 0 Å². The quantitative estimate of drug-likeness (QED) is 0.410. The van der Waals surface area contributed by atoms with E-state index in [4.69, 9.17) is 0 Å². The van der Waals surface area contributed by atoms with Gasteiger partial charge < -0.3 is 5.11 Å². The van der Waals surface area contributed by atoms with Crippen LogP contribution in [0, 0.1) is 0 Å². The van der Waals surface area contributed by atoms with Crippen molar-refractivity contribution in [3.63, 3.8) is 0 Å². The van der Waals surface area contributed by atoms with Crippen molar-refractivity contribution >= 4 is 54.7 Å². The molecule has 0 aliphatic heterocycles. The number of allylic oxidation sites excluding steroid dienone is 6. The fourth-order valence-electron chi connectivity index (χ4n) is 3.58. The SMILES string of the molecule is CC1(c2nc3ccccc3s2)C=CC(=O)C=C1.O=C1C=CC(O)(c2nc3ccccc3s2)C=C1. The van der Waals surface area contributed by atoms with Gasteiger partial charge in [-0.05, 0) is 67.6 Å². The molecule has 5 nitrogen and oxygen atoms in total. The zero-order chi connectivity index (χ0) is 23.8. The predicted molar refractivity (Wildman–Crippen MR) is 137 cm³/mol. The van der Waals surface area contributed by atoms with Crippen LogP contribution in [0.25, 0.3) is 20.4 Å². The Morgan fingerprint density at radius 3 is 1.65 bits per heavy atom. The molecule has 1 N–H and O–H groups in total. The fraction of sp³-hybridized carbons (Fsp3) is 0.111. The van der Waals surface area contributed by atoms with E-state index < -0.39 is 5.60 Å². The first-order valence-electron chi connectivity index (χ1n) is 10.6. The molecular formula is C27H20N2O3S2. The maximum Gasteiger partial charge on any atom is 0.178 e. The molecule has 0 saturated heterocycles. The Morgan fingerprint density at radius 1 is 0.676 bits per heavy atom. The lowest BCUT2D eigenvalue weighted by molar-refractivity contribution is -0.111. The van der Waals surface area contributed by atoms with Gasteiger partial charge in [-0.1, -0.05) is 36.4 Å². The highest BCUT2D eigenvalue weighted by molar-refractivity contribution is 7.19. The van der Waals surface area contributed by atoms with Gasteiger partial charge in [0.1, 0.15) is 10.0 Å². The summed E-state index contributed by atoms with van der Waals surface area (Å²) in [5.41, 5.74) is 0.377. The van der Waals surface area contributed by atoms with Crippen molar-refractivity contribution < 1.29 is 14.7 Å². The molecule has 2 aliphatic rings. The van der Waals surface area contributed by atoms with E-state index in [1.54, 1.807) is 23.5 Å². The molecule has 0 fully saturated rings. The van der Waals surface area contributed by atoms with Crippen molar-refractivity contribution in [2.45, 2.75) is 17.9 Å². The van der Waals surface area contributed by atoms with Crippen molar-refractivity contribution in [2.24, 2.45) is 0 Å². The third kappa shape index (κ3) is 4.33. The summed E-state index contributed by atoms with van der Waals surface area (Å²) in [4.78, 5) is 31.2. The molecule has 0 bridgehead atoms. The summed E-state index contributed by atoms with van der Waals surface area (Å²) in [7, 11) is 0. The highest BCUT2D eigenvalue weighted by Crippen LogP contribution is 2.35. The standard InChI is InChI=1S/C14H11NOS.C13H9NO2S/c1-14(8-6-10(16)7-9-14)13-15-11-4-2-3-5-12(11)17-13;15-9-5-7-13(16,8-6-9)12-14-10-3-1-2-4-11(10)17-12/h2-9H,1H3;1-8,16H. The van der Waals surface area contributed by atoms with Crippen LogP contribution in [-0.2, 0) is 20.6 Å². The molecule has 0 saturated carbocycles. The number of fused-ring (bicyclic) bond motifs is 2. The smallest absolute Gasteiger partial charge is 0.178 e. The summed E-state index contributed by atoms with van der Waals surface area (Å²) in [5, 5.41) is 12.0. The molecule has 2 aliphatic carbocycles. The van der Waals surface area contributed by atoms with E-state index in [0.717, 1.165) is 20.7 Å². The number of aliphatic hydroxyl groups is 1. The zero-order valence-corrected chi connectivity index (χ0v) is 19.8. The summed E-state index contributed by atoms with van der Waals surface area (Å²) >= 11 is 3.11. The lowest BCUT2D eigenvalue weighted by Crippen LogP contribution is -2.22. The summed E-state index contributed by atoms with van der Waals surface area (Å²) < 4.78 is 2.21. The third-order valence-electron chi connectivity index (χ3n) is 5.58. The van der Waals surface area contributed by atoms with Crippen molar-refractivity contribution in [1.82, 2.24) is 9.97 Å². The topological polar surface area (TPSA) is 80.2 Å². The van der Waals surface area contributed by atoms with Crippen molar-refractivity contribution in [2.75, 3.05) is 0 Å². The second kappa shape index (κ2) is 8.68. The highest BCUT2D eigenvalue weighted by atomic mass is 32.1. The monoisotopic (exact) mass is 484 g/mol. The van der Waals surface area contributed by atoms with Gasteiger partial charge in [0.15, 0.2) is 17.2 Å². The van der Waals surface area contributed by atoms with E-state index in [-0.39, 0.29) is 17.0 Å². The second-order valence-electron chi connectivity index (χ2n) is 8.22. The maximum absolute atomic E-state index is 11.2. The predicted octanol–water partition coefficient (Wildman–Crippen LogP) is 5.43. The van der Waals surface area contributed by atoms with Crippen LogP contribution in [0.1, 0.15) is 16.9 Å². The minimum atomic E-state index is -1.25. The van der Waals surface area contributed by atoms with E-state index in [1.807, 2.05) is 54.6 Å². The second-order valence-corrected chi connectivity index (χ2v) is 10.3. The van der Waals surface area contributed by atoms with Crippen LogP contribution in [0.2, 0.25) is 0 Å². The first-order valence-corrected chi connectivity index (χ1v) is 12.3. The molecule has 7 heteroatoms. The number of benzene rings is 2. The van der Waals surface area contributed by atoms with Crippen LogP contribution < -0.4 is 0 Å². The highest BCUT2D eigenvalue weighted by Gasteiger charge is 2.29. The Kier molecular flexibility index (Phi) is 5.69. The lowest BCUT2D eigenvalue weighted by atomic mass is 9.87. The van der Waals surface area contributed by atoms with Gasteiger partial charge in [-0.15, -0.1) is 22.7 Å². The number of para-hydroxylation sites is 2.